The molecule has 1 atom stereocenters. The summed E-state index contributed by atoms with van der Waals surface area (Å²) in [6, 6.07) is 8.85. The molecule has 0 saturated heterocycles. The Kier molecular flexibility index (Phi) is 4.83. The summed E-state index contributed by atoms with van der Waals surface area (Å²) in [6.45, 7) is 8.61. The minimum Gasteiger partial charge on any atom is -0.301 e. The predicted octanol–water partition coefficient (Wildman–Crippen LogP) is 3.65. The smallest absolute Gasteiger partial charge is 0.0233 e. The molecule has 15 heavy (non-hydrogen) atoms. The Balaban J connectivity index is 0.000000531. The second-order valence-corrected chi connectivity index (χ2v) is 4.00. The first-order valence-electron chi connectivity index (χ1n) is 6.07. The molecule has 1 heterocycles. The van der Waals surface area contributed by atoms with E-state index in [1.54, 1.807) is 5.56 Å². The number of hydrogen-bond donors (Lipinski definition) is 0. The van der Waals surface area contributed by atoms with E-state index in [1.807, 2.05) is 13.8 Å². The van der Waals surface area contributed by atoms with Crippen LogP contribution in [0.25, 0.3) is 0 Å². The Morgan fingerprint density at radius 1 is 1.27 bits per heavy atom. The van der Waals surface area contributed by atoms with E-state index in [0.29, 0.717) is 0 Å². The standard InChI is InChI=1S/C12H17N.C2H6/c1-3-10-8-13(2)9-11-6-4-5-7-12(10)11;1-2/h4-7,10H,3,8-9H2,1-2H3;1-2H3. The number of hydrogen-bond acceptors (Lipinski definition) is 1. The highest BCUT2D eigenvalue weighted by molar-refractivity contribution is 5.32. The molecule has 0 aromatic heterocycles. The van der Waals surface area contributed by atoms with Crippen LogP contribution in [0, 0.1) is 0 Å². The molecule has 1 aromatic carbocycles. The molecule has 0 radical (unpaired) electrons. The maximum Gasteiger partial charge on any atom is 0.0233 e. The third kappa shape index (κ3) is 2.82. The molecule has 0 spiro atoms. The molecule has 1 aromatic rings. The molecule has 0 aliphatic carbocycles. The van der Waals surface area contributed by atoms with Gasteiger partial charge in [-0.15, -0.1) is 0 Å². The summed E-state index contributed by atoms with van der Waals surface area (Å²) in [5, 5.41) is 0. The van der Waals surface area contributed by atoms with Crippen molar-refractivity contribution in [1.82, 2.24) is 4.90 Å². The molecule has 1 nitrogen and oxygen atoms in total. The molecule has 0 saturated carbocycles. The molecular weight excluding hydrogens is 182 g/mol. The van der Waals surface area contributed by atoms with Gasteiger partial charge in [-0.25, -0.2) is 0 Å². The Bertz CT molecular complexity index is 293. The van der Waals surface area contributed by atoms with Crippen molar-refractivity contribution in [3.8, 4) is 0 Å². The highest BCUT2D eigenvalue weighted by Gasteiger charge is 2.20. The summed E-state index contributed by atoms with van der Waals surface area (Å²) in [7, 11) is 2.21. The molecule has 1 unspecified atom stereocenters. The zero-order valence-corrected chi connectivity index (χ0v) is 10.5. The third-order valence-electron chi connectivity index (χ3n) is 2.96. The molecule has 1 heteroatoms. The van der Waals surface area contributed by atoms with Crippen LogP contribution in [0.4, 0.5) is 0 Å². The highest BCUT2D eigenvalue weighted by Crippen LogP contribution is 2.29. The van der Waals surface area contributed by atoms with Crippen LogP contribution in [0.1, 0.15) is 44.2 Å². The number of nitrogens with zero attached hydrogens (tertiary/aromatic N) is 1. The van der Waals surface area contributed by atoms with Crippen LogP contribution in [0.3, 0.4) is 0 Å². The van der Waals surface area contributed by atoms with E-state index in [9.17, 15) is 0 Å². The largest absolute Gasteiger partial charge is 0.301 e. The molecule has 0 amide bonds. The van der Waals surface area contributed by atoms with Gasteiger partial charge in [0, 0.05) is 13.1 Å². The third-order valence-corrected chi connectivity index (χ3v) is 2.96. The molecule has 0 N–H and O–H groups in total. The van der Waals surface area contributed by atoms with Gasteiger partial charge in [0.05, 0.1) is 0 Å². The van der Waals surface area contributed by atoms with Gasteiger partial charge in [-0.2, -0.15) is 0 Å². The molecule has 0 bridgehead atoms. The highest BCUT2D eigenvalue weighted by atomic mass is 15.1. The quantitative estimate of drug-likeness (QED) is 0.676. The molecule has 2 rings (SSSR count). The van der Waals surface area contributed by atoms with Gasteiger partial charge in [0.15, 0.2) is 0 Å². The van der Waals surface area contributed by atoms with Crippen molar-refractivity contribution >= 4 is 0 Å². The molecular formula is C14H23N. The Hall–Kier alpha value is -0.820. The Morgan fingerprint density at radius 3 is 2.60 bits per heavy atom. The average Bonchev–Trinajstić information content (AvgIpc) is 2.30. The minimum absolute atomic E-state index is 0.745. The lowest BCUT2D eigenvalue weighted by molar-refractivity contribution is 0.277. The summed E-state index contributed by atoms with van der Waals surface area (Å²) in [5.74, 6) is 0.745. The SMILES string of the molecule is CC.CCC1CN(C)Cc2ccccc21. The van der Waals surface area contributed by atoms with Crippen molar-refractivity contribution < 1.29 is 0 Å². The van der Waals surface area contributed by atoms with Gasteiger partial charge in [0.1, 0.15) is 0 Å². The summed E-state index contributed by atoms with van der Waals surface area (Å²) in [6.07, 6.45) is 1.25. The maximum absolute atomic E-state index is 2.41. The zero-order valence-electron chi connectivity index (χ0n) is 10.5. The van der Waals surface area contributed by atoms with Gasteiger partial charge in [-0.05, 0) is 30.5 Å². The first kappa shape index (κ1) is 12.3. The Labute approximate surface area is 94.1 Å². The van der Waals surface area contributed by atoms with Crippen LogP contribution < -0.4 is 0 Å². The van der Waals surface area contributed by atoms with Crippen molar-refractivity contribution in [3.63, 3.8) is 0 Å². The van der Waals surface area contributed by atoms with Gasteiger partial charge in [-0.3, -0.25) is 0 Å². The fourth-order valence-electron chi connectivity index (χ4n) is 2.26. The van der Waals surface area contributed by atoms with Crippen LogP contribution in [-0.4, -0.2) is 18.5 Å². The second-order valence-electron chi connectivity index (χ2n) is 4.00. The van der Waals surface area contributed by atoms with E-state index < -0.39 is 0 Å². The summed E-state index contributed by atoms with van der Waals surface area (Å²) in [5.41, 5.74) is 3.09. The fourth-order valence-corrected chi connectivity index (χ4v) is 2.26. The molecule has 84 valence electrons. The lowest BCUT2D eigenvalue weighted by Gasteiger charge is -2.31. The molecule has 1 aliphatic heterocycles. The van der Waals surface area contributed by atoms with Crippen LogP contribution in [0.2, 0.25) is 0 Å². The fraction of sp³-hybridized carbons (Fsp3) is 0.571. The van der Waals surface area contributed by atoms with E-state index >= 15 is 0 Å². The van der Waals surface area contributed by atoms with Crippen molar-refractivity contribution in [2.45, 2.75) is 39.7 Å². The average molecular weight is 205 g/mol. The normalized spacial score (nSPS) is 20.1. The van der Waals surface area contributed by atoms with Crippen molar-refractivity contribution in [2.24, 2.45) is 0 Å². The van der Waals surface area contributed by atoms with Crippen LogP contribution in [0.15, 0.2) is 24.3 Å². The van der Waals surface area contributed by atoms with Crippen LogP contribution in [0.5, 0.6) is 0 Å². The topological polar surface area (TPSA) is 3.24 Å². The van der Waals surface area contributed by atoms with Gasteiger partial charge in [0.25, 0.3) is 0 Å². The van der Waals surface area contributed by atoms with E-state index in [0.717, 1.165) is 12.5 Å². The van der Waals surface area contributed by atoms with Crippen LogP contribution in [-0.2, 0) is 6.54 Å². The Morgan fingerprint density at radius 2 is 1.93 bits per heavy atom. The monoisotopic (exact) mass is 205 g/mol. The number of likely N-dealkylation sites (N-methyl/N-ethyl adjacent to an activating group) is 1. The number of fused-ring (bicyclic) bond motifs is 1. The van der Waals surface area contributed by atoms with Crippen molar-refractivity contribution in [3.05, 3.63) is 35.4 Å². The van der Waals surface area contributed by atoms with E-state index in [4.69, 9.17) is 0 Å². The minimum atomic E-state index is 0.745. The lowest BCUT2D eigenvalue weighted by atomic mass is 9.88. The zero-order chi connectivity index (χ0) is 11.3. The molecule has 1 aliphatic rings. The van der Waals surface area contributed by atoms with E-state index in [2.05, 4.69) is 43.1 Å². The van der Waals surface area contributed by atoms with E-state index in [-0.39, 0.29) is 0 Å². The number of benzene rings is 1. The van der Waals surface area contributed by atoms with Gasteiger partial charge < -0.3 is 4.90 Å². The maximum atomic E-state index is 2.41. The van der Waals surface area contributed by atoms with Gasteiger partial charge in [0.2, 0.25) is 0 Å². The lowest BCUT2D eigenvalue weighted by Crippen LogP contribution is -2.29. The van der Waals surface area contributed by atoms with E-state index in [1.165, 1.54) is 18.5 Å². The summed E-state index contributed by atoms with van der Waals surface area (Å²) < 4.78 is 0. The number of rotatable bonds is 1. The second kappa shape index (κ2) is 5.92. The summed E-state index contributed by atoms with van der Waals surface area (Å²) >= 11 is 0. The first-order chi connectivity index (χ1) is 7.31. The van der Waals surface area contributed by atoms with Crippen molar-refractivity contribution in [2.75, 3.05) is 13.6 Å². The van der Waals surface area contributed by atoms with Gasteiger partial charge in [-0.1, -0.05) is 45.0 Å². The van der Waals surface area contributed by atoms with Crippen LogP contribution >= 0.6 is 0 Å². The van der Waals surface area contributed by atoms with Gasteiger partial charge >= 0.3 is 0 Å². The van der Waals surface area contributed by atoms with Crippen molar-refractivity contribution in [1.29, 1.82) is 0 Å². The predicted molar refractivity (Wildman–Crippen MR) is 67.2 cm³/mol. The first-order valence-corrected chi connectivity index (χ1v) is 6.07. The molecule has 0 fully saturated rings. The summed E-state index contributed by atoms with van der Waals surface area (Å²) in [4.78, 5) is 2.41.